The van der Waals surface area contributed by atoms with E-state index in [4.69, 9.17) is 4.74 Å². The van der Waals surface area contributed by atoms with Crippen molar-refractivity contribution in [2.75, 3.05) is 32.8 Å². The van der Waals surface area contributed by atoms with Gasteiger partial charge in [-0.15, -0.1) is 0 Å². The number of piperazine rings is 1. The normalized spacial score (nSPS) is 37.4. The molecule has 0 radical (unpaired) electrons. The van der Waals surface area contributed by atoms with Gasteiger partial charge in [-0.2, -0.15) is 0 Å². The topological polar surface area (TPSA) is 49.9 Å². The molecule has 4 saturated carbocycles. The van der Waals surface area contributed by atoms with E-state index in [0.29, 0.717) is 32.1 Å². The molecule has 0 aromatic heterocycles. The van der Waals surface area contributed by atoms with Crippen LogP contribution in [0.1, 0.15) is 38.5 Å². The van der Waals surface area contributed by atoms with Crippen molar-refractivity contribution in [3.05, 3.63) is 12.7 Å². The van der Waals surface area contributed by atoms with Gasteiger partial charge in [0.15, 0.2) is 0 Å². The van der Waals surface area contributed by atoms with Crippen LogP contribution in [0, 0.1) is 23.2 Å². The molecular formula is C19H28N2O3. The first kappa shape index (κ1) is 16.0. The molecule has 1 aliphatic heterocycles. The van der Waals surface area contributed by atoms with Gasteiger partial charge in [0.25, 0.3) is 0 Å². The minimum atomic E-state index is -0.295. The van der Waals surface area contributed by atoms with Crippen molar-refractivity contribution in [3.8, 4) is 0 Å². The van der Waals surface area contributed by atoms with Crippen molar-refractivity contribution in [3.63, 3.8) is 0 Å². The van der Waals surface area contributed by atoms with E-state index in [9.17, 15) is 9.59 Å². The average Bonchev–Trinajstić information content (AvgIpc) is 2.58. The molecule has 5 aliphatic rings. The van der Waals surface area contributed by atoms with E-state index in [2.05, 4.69) is 6.58 Å². The van der Waals surface area contributed by atoms with Crippen molar-refractivity contribution in [1.29, 1.82) is 0 Å². The van der Waals surface area contributed by atoms with E-state index < -0.39 is 0 Å². The van der Waals surface area contributed by atoms with Gasteiger partial charge in [0.2, 0.25) is 5.91 Å². The third-order valence-corrected chi connectivity index (χ3v) is 6.64. The second-order valence-corrected chi connectivity index (χ2v) is 8.34. The van der Waals surface area contributed by atoms with Crippen LogP contribution in [-0.4, -0.2) is 54.6 Å². The van der Waals surface area contributed by atoms with Crippen LogP contribution < -0.4 is 0 Å². The van der Waals surface area contributed by atoms with Gasteiger partial charge in [-0.3, -0.25) is 4.79 Å². The Balaban J connectivity index is 1.37. The Morgan fingerprint density at radius 2 is 1.46 bits per heavy atom. The van der Waals surface area contributed by atoms with Crippen LogP contribution in [0.4, 0.5) is 4.79 Å². The van der Waals surface area contributed by atoms with Crippen LogP contribution in [0.15, 0.2) is 12.7 Å². The summed E-state index contributed by atoms with van der Waals surface area (Å²) in [5.41, 5.74) is -0.0692. The van der Waals surface area contributed by atoms with Gasteiger partial charge < -0.3 is 14.5 Å². The number of ether oxygens (including phenoxy) is 1. The molecule has 1 saturated heterocycles. The predicted octanol–water partition coefficient (Wildman–Crippen LogP) is 2.67. The lowest BCUT2D eigenvalue weighted by Crippen LogP contribution is -2.58. The number of amides is 2. The van der Waals surface area contributed by atoms with Crippen molar-refractivity contribution < 1.29 is 14.3 Å². The van der Waals surface area contributed by atoms with Gasteiger partial charge in [0.1, 0.15) is 6.61 Å². The molecule has 0 N–H and O–H groups in total. The molecule has 1 heterocycles. The Labute approximate surface area is 144 Å². The highest BCUT2D eigenvalue weighted by atomic mass is 16.6. The maximum atomic E-state index is 13.3. The second-order valence-electron chi connectivity index (χ2n) is 8.34. The highest BCUT2D eigenvalue weighted by molar-refractivity contribution is 5.83. The Bertz CT molecular complexity index is 501. The quantitative estimate of drug-likeness (QED) is 0.747. The molecule has 4 aliphatic carbocycles. The predicted molar refractivity (Wildman–Crippen MR) is 90.3 cm³/mol. The molecule has 5 heteroatoms. The summed E-state index contributed by atoms with van der Waals surface area (Å²) in [6.45, 7) is 6.24. The summed E-state index contributed by atoms with van der Waals surface area (Å²) in [6.07, 6.45) is 8.68. The second kappa shape index (κ2) is 6.08. The lowest BCUT2D eigenvalue weighted by molar-refractivity contribution is -0.159. The molecule has 132 valence electrons. The largest absolute Gasteiger partial charge is 0.445 e. The van der Waals surface area contributed by atoms with Crippen molar-refractivity contribution >= 4 is 12.0 Å². The summed E-state index contributed by atoms with van der Waals surface area (Å²) < 4.78 is 5.09. The molecule has 5 rings (SSSR count). The van der Waals surface area contributed by atoms with Gasteiger partial charge in [-0.05, 0) is 56.3 Å². The first-order valence-corrected chi connectivity index (χ1v) is 9.41. The van der Waals surface area contributed by atoms with E-state index in [1.54, 1.807) is 11.0 Å². The SMILES string of the molecule is C=CCOC(=O)N1CCN(C(=O)C23CC4CC(CC(C4)C2)C3)CC1. The van der Waals surface area contributed by atoms with E-state index in [1.165, 1.54) is 19.3 Å². The van der Waals surface area contributed by atoms with Crippen LogP contribution in [0.25, 0.3) is 0 Å². The summed E-state index contributed by atoms with van der Waals surface area (Å²) in [5.74, 6) is 2.74. The molecule has 4 bridgehead atoms. The number of hydrogen-bond donors (Lipinski definition) is 0. The molecule has 0 atom stereocenters. The summed E-state index contributed by atoms with van der Waals surface area (Å²) in [6, 6.07) is 0. The molecule has 0 unspecified atom stereocenters. The van der Waals surface area contributed by atoms with Gasteiger partial charge >= 0.3 is 6.09 Å². The number of carbonyl (C=O) groups is 2. The third-order valence-electron chi connectivity index (χ3n) is 6.64. The van der Waals surface area contributed by atoms with Crippen molar-refractivity contribution in [1.82, 2.24) is 9.80 Å². The minimum absolute atomic E-state index is 0.0692. The van der Waals surface area contributed by atoms with E-state index in [0.717, 1.165) is 37.0 Å². The zero-order chi connectivity index (χ0) is 16.7. The van der Waals surface area contributed by atoms with E-state index >= 15 is 0 Å². The third kappa shape index (κ3) is 2.72. The van der Waals surface area contributed by atoms with E-state index in [1.807, 2.05) is 4.90 Å². The summed E-state index contributed by atoms with van der Waals surface area (Å²) >= 11 is 0. The fourth-order valence-corrected chi connectivity index (χ4v) is 6.02. The first-order chi connectivity index (χ1) is 11.6. The molecule has 0 spiro atoms. The Kier molecular flexibility index (Phi) is 4.05. The highest BCUT2D eigenvalue weighted by Crippen LogP contribution is 2.60. The van der Waals surface area contributed by atoms with Crippen molar-refractivity contribution in [2.45, 2.75) is 38.5 Å². The van der Waals surface area contributed by atoms with Crippen LogP contribution in [0.3, 0.4) is 0 Å². The Hall–Kier alpha value is -1.52. The first-order valence-electron chi connectivity index (χ1n) is 9.41. The Morgan fingerprint density at radius 3 is 1.96 bits per heavy atom. The lowest BCUT2D eigenvalue weighted by Gasteiger charge is -2.57. The Morgan fingerprint density at radius 1 is 0.958 bits per heavy atom. The van der Waals surface area contributed by atoms with Gasteiger partial charge in [-0.1, -0.05) is 12.7 Å². The summed E-state index contributed by atoms with van der Waals surface area (Å²) in [5, 5.41) is 0. The standard InChI is InChI=1S/C19H28N2O3/c1-2-7-24-18(23)21-5-3-20(4-6-21)17(22)19-11-14-8-15(12-19)10-16(9-14)13-19/h2,14-16H,1,3-13H2. The van der Waals surface area contributed by atoms with Gasteiger partial charge in [0, 0.05) is 26.2 Å². The van der Waals surface area contributed by atoms with Crippen LogP contribution >= 0.6 is 0 Å². The van der Waals surface area contributed by atoms with Gasteiger partial charge in [0.05, 0.1) is 5.41 Å². The maximum Gasteiger partial charge on any atom is 0.410 e. The zero-order valence-electron chi connectivity index (χ0n) is 14.4. The van der Waals surface area contributed by atoms with Crippen molar-refractivity contribution in [2.24, 2.45) is 23.2 Å². The van der Waals surface area contributed by atoms with Crippen LogP contribution in [0.5, 0.6) is 0 Å². The average molecular weight is 332 g/mol. The maximum absolute atomic E-state index is 13.3. The smallest absolute Gasteiger partial charge is 0.410 e. The number of rotatable bonds is 3. The molecule has 5 nitrogen and oxygen atoms in total. The molecule has 2 amide bonds. The molecule has 5 fully saturated rings. The monoisotopic (exact) mass is 332 g/mol. The fourth-order valence-electron chi connectivity index (χ4n) is 6.02. The summed E-state index contributed by atoms with van der Waals surface area (Å²) in [7, 11) is 0. The highest BCUT2D eigenvalue weighted by Gasteiger charge is 2.55. The molecule has 24 heavy (non-hydrogen) atoms. The minimum Gasteiger partial charge on any atom is -0.445 e. The van der Waals surface area contributed by atoms with E-state index in [-0.39, 0.29) is 18.1 Å². The van der Waals surface area contributed by atoms with Crippen LogP contribution in [0.2, 0.25) is 0 Å². The fraction of sp³-hybridized carbons (Fsp3) is 0.789. The molecule has 0 aromatic rings. The number of carbonyl (C=O) groups excluding carboxylic acids is 2. The lowest BCUT2D eigenvalue weighted by atomic mass is 9.49. The van der Waals surface area contributed by atoms with Crippen LogP contribution in [-0.2, 0) is 9.53 Å². The zero-order valence-corrected chi connectivity index (χ0v) is 14.4. The number of nitrogens with zero attached hydrogens (tertiary/aromatic N) is 2. The molecular weight excluding hydrogens is 304 g/mol. The van der Waals surface area contributed by atoms with Gasteiger partial charge in [-0.25, -0.2) is 4.79 Å². The molecule has 0 aromatic carbocycles. The number of hydrogen-bond acceptors (Lipinski definition) is 3. The summed E-state index contributed by atoms with van der Waals surface area (Å²) in [4.78, 5) is 28.9.